The van der Waals surface area contributed by atoms with Gasteiger partial charge < -0.3 is 15.0 Å². The molecular weight excluding hydrogens is 594 g/mol. The summed E-state index contributed by atoms with van der Waals surface area (Å²) in [5.41, 5.74) is 0.944. The zero-order valence-electron chi connectivity index (χ0n) is 24.4. The average molecular weight is 632 g/mol. The molecule has 0 aromatic heterocycles. The normalized spacial score (nSPS) is 11.9. The van der Waals surface area contributed by atoms with Gasteiger partial charge in [-0.2, -0.15) is 0 Å². The number of hydrogen-bond acceptors (Lipinski definition) is 6. The van der Waals surface area contributed by atoms with Crippen LogP contribution in [-0.4, -0.2) is 57.1 Å². The fourth-order valence-corrected chi connectivity index (χ4v) is 6.39. The van der Waals surface area contributed by atoms with E-state index in [2.05, 4.69) is 5.32 Å². The van der Waals surface area contributed by atoms with Crippen molar-refractivity contribution in [3.05, 3.63) is 83.4 Å². The summed E-state index contributed by atoms with van der Waals surface area (Å²) in [7, 11) is -4.17. The molecule has 0 aliphatic rings. The Hall–Kier alpha value is -3.21. The minimum atomic E-state index is -4.17. The number of amides is 2. The lowest BCUT2D eigenvalue weighted by Gasteiger charge is -2.33. The monoisotopic (exact) mass is 631 g/mol. The summed E-state index contributed by atoms with van der Waals surface area (Å²) in [6.07, 6.45) is 2.97. The van der Waals surface area contributed by atoms with Crippen LogP contribution in [0.4, 0.5) is 5.69 Å². The second-order valence-electron chi connectivity index (χ2n) is 9.44. The Morgan fingerprint density at radius 3 is 2.21 bits per heavy atom. The summed E-state index contributed by atoms with van der Waals surface area (Å²) >= 11 is 7.94. The van der Waals surface area contributed by atoms with Gasteiger partial charge in [0.2, 0.25) is 11.8 Å². The second-order valence-corrected chi connectivity index (χ2v) is 12.6. The molecule has 0 bridgehead atoms. The van der Waals surface area contributed by atoms with Gasteiger partial charge in [-0.15, -0.1) is 11.8 Å². The Balaban J connectivity index is 2.07. The predicted molar refractivity (Wildman–Crippen MR) is 170 cm³/mol. The van der Waals surface area contributed by atoms with E-state index in [9.17, 15) is 18.0 Å². The largest absolute Gasteiger partial charge is 0.494 e. The van der Waals surface area contributed by atoms with Crippen LogP contribution in [-0.2, 0) is 26.2 Å². The fraction of sp³-hybridized carbons (Fsp3) is 0.355. The highest BCUT2D eigenvalue weighted by Crippen LogP contribution is 2.28. The van der Waals surface area contributed by atoms with E-state index in [1.54, 1.807) is 60.7 Å². The van der Waals surface area contributed by atoms with Crippen LogP contribution in [0.5, 0.6) is 5.75 Å². The average Bonchev–Trinajstić information content (AvgIpc) is 3.00. The van der Waals surface area contributed by atoms with Gasteiger partial charge in [0, 0.05) is 23.0 Å². The van der Waals surface area contributed by atoms with E-state index in [4.69, 9.17) is 16.3 Å². The first-order valence-corrected chi connectivity index (χ1v) is 16.9. The predicted octanol–water partition coefficient (Wildman–Crippen LogP) is 5.99. The van der Waals surface area contributed by atoms with Crippen molar-refractivity contribution in [1.82, 2.24) is 10.2 Å². The van der Waals surface area contributed by atoms with Crippen LogP contribution in [0, 0.1) is 0 Å². The number of carbonyl (C=O) groups is 2. The molecule has 3 rings (SSSR count). The molecule has 0 spiro atoms. The van der Waals surface area contributed by atoms with Gasteiger partial charge in [0.05, 0.1) is 17.2 Å². The van der Waals surface area contributed by atoms with Gasteiger partial charge in [-0.3, -0.25) is 13.9 Å². The Kier molecular flexibility index (Phi) is 12.6. The highest BCUT2D eigenvalue weighted by molar-refractivity contribution is 7.98. The van der Waals surface area contributed by atoms with Crippen molar-refractivity contribution in [2.24, 2.45) is 0 Å². The fourth-order valence-electron chi connectivity index (χ4n) is 4.37. The summed E-state index contributed by atoms with van der Waals surface area (Å²) in [6.45, 7) is 6.05. The SMILES string of the molecule is CCCNC(=O)C(CC)N(Cc1ccccc1Cl)C(=O)CN(c1ccc(OCC)cc1)S(=O)(=O)c1ccc(SC)cc1. The number of nitrogens with zero attached hydrogens (tertiary/aromatic N) is 2. The van der Waals surface area contributed by atoms with Crippen LogP contribution < -0.4 is 14.4 Å². The zero-order chi connectivity index (χ0) is 30.7. The Morgan fingerprint density at radius 1 is 0.976 bits per heavy atom. The molecule has 0 heterocycles. The van der Waals surface area contributed by atoms with E-state index in [1.807, 2.05) is 27.0 Å². The second kappa shape index (κ2) is 15.9. The zero-order valence-corrected chi connectivity index (χ0v) is 26.8. The number of anilines is 1. The first-order chi connectivity index (χ1) is 20.2. The minimum Gasteiger partial charge on any atom is -0.494 e. The van der Waals surface area contributed by atoms with Crippen molar-refractivity contribution in [2.45, 2.75) is 56.0 Å². The number of hydrogen-bond donors (Lipinski definition) is 1. The van der Waals surface area contributed by atoms with Gasteiger partial charge in [0.1, 0.15) is 18.3 Å². The van der Waals surface area contributed by atoms with E-state index in [0.29, 0.717) is 41.6 Å². The van der Waals surface area contributed by atoms with Crippen molar-refractivity contribution < 1.29 is 22.7 Å². The molecule has 8 nitrogen and oxygen atoms in total. The number of rotatable bonds is 15. The molecule has 3 aromatic rings. The number of sulfonamides is 1. The molecule has 1 N–H and O–H groups in total. The molecule has 1 unspecified atom stereocenters. The molecule has 2 amide bonds. The number of thioether (sulfide) groups is 1. The maximum atomic E-state index is 14.1. The lowest BCUT2D eigenvalue weighted by atomic mass is 10.1. The molecule has 0 saturated heterocycles. The third-order valence-corrected chi connectivity index (χ3v) is 9.50. The molecule has 0 aliphatic carbocycles. The molecular formula is C31H38ClN3O5S2. The smallest absolute Gasteiger partial charge is 0.264 e. The highest BCUT2D eigenvalue weighted by atomic mass is 35.5. The molecule has 0 radical (unpaired) electrons. The van der Waals surface area contributed by atoms with Gasteiger partial charge in [-0.1, -0.05) is 43.6 Å². The van der Waals surface area contributed by atoms with Crippen LogP contribution in [0.1, 0.15) is 39.2 Å². The van der Waals surface area contributed by atoms with Crippen molar-refractivity contribution >= 4 is 50.9 Å². The van der Waals surface area contributed by atoms with Crippen LogP contribution in [0.25, 0.3) is 0 Å². The quantitative estimate of drug-likeness (QED) is 0.207. The van der Waals surface area contributed by atoms with E-state index in [0.717, 1.165) is 15.6 Å². The third kappa shape index (κ3) is 8.42. The van der Waals surface area contributed by atoms with Gasteiger partial charge in [-0.25, -0.2) is 8.42 Å². The topological polar surface area (TPSA) is 96.0 Å². The molecule has 0 aliphatic heterocycles. The summed E-state index contributed by atoms with van der Waals surface area (Å²) in [6, 6.07) is 19.3. The van der Waals surface area contributed by atoms with Crippen molar-refractivity contribution in [1.29, 1.82) is 0 Å². The maximum Gasteiger partial charge on any atom is 0.264 e. The van der Waals surface area contributed by atoms with Gasteiger partial charge in [-0.05, 0) is 86.2 Å². The molecule has 42 heavy (non-hydrogen) atoms. The first-order valence-electron chi connectivity index (χ1n) is 13.9. The third-order valence-electron chi connectivity index (χ3n) is 6.60. The number of halogens is 1. The summed E-state index contributed by atoms with van der Waals surface area (Å²) in [5, 5.41) is 3.32. The molecule has 11 heteroatoms. The number of nitrogens with one attached hydrogen (secondary N) is 1. The standard InChI is InChI=1S/C31H38ClN3O5S2/c1-5-20-33-31(37)29(6-2)34(21-23-10-8-9-11-28(23)32)30(36)22-35(24-12-14-25(15-13-24)40-7-3)42(38,39)27-18-16-26(41-4)17-19-27/h8-19,29H,5-7,20-22H2,1-4H3,(H,33,37). The molecule has 0 fully saturated rings. The minimum absolute atomic E-state index is 0.0378. The summed E-state index contributed by atoms with van der Waals surface area (Å²) < 4.78 is 34.7. The lowest BCUT2D eigenvalue weighted by Crippen LogP contribution is -2.52. The number of carbonyl (C=O) groups excluding carboxylic acids is 2. The first kappa shape index (κ1) is 33.3. The molecule has 226 valence electrons. The van der Waals surface area contributed by atoms with E-state index in [1.165, 1.54) is 28.8 Å². The number of benzene rings is 3. The van der Waals surface area contributed by atoms with E-state index in [-0.39, 0.29) is 17.3 Å². The Bertz CT molecular complexity index is 1430. The van der Waals surface area contributed by atoms with Crippen molar-refractivity contribution in [3.63, 3.8) is 0 Å². The number of ether oxygens (including phenoxy) is 1. The van der Waals surface area contributed by atoms with Crippen molar-refractivity contribution in [3.8, 4) is 5.75 Å². The van der Waals surface area contributed by atoms with Crippen LogP contribution in [0.3, 0.4) is 0 Å². The van der Waals surface area contributed by atoms with Crippen LogP contribution >= 0.6 is 23.4 Å². The highest BCUT2D eigenvalue weighted by Gasteiger charge is 2.34. The molecule has 3 aromatic carbocycles. The van der Waals surface area contributed by atoms with Gasteiger partial charge in [0.15, 0.2) is 0 Å². The van der Waals surface area contributed by atoms with Gasteiger partial charge >= 0.3 is 0 Å². The van der Waals surface area contributed by atoms with E-state index >= 15 is 0 Å². The Labute approximate surface area is 258 Å². The lowest BCUT2D eigenvalue weighted by molar-refractivity contribution is -0.140. The summed E-state index contributed by atoms with van der Waals surface area (Å²) in [5.74, 6) is -0.261. The van der Waals surface area contributed by atoms with Crippen molar-refractivity contribution in [2.75, 3.05) is 30.3 Å². The molecule has 1 atom stereocenters. The van der Waals surface area contributed by atoms with E-state index < -0.39 is 28.5 Å². The van der Waals surface area contributed by atoms with Crippen LogP contribution in [0.15, 0.2) is 82.6 Å². The summed E-state index contributed by atoms with van der Waals surface area (Å²) in [4.78, 5) is 29.7. The maximum absolute atomic E-state index is 14.1. The molecule has 0 saturated carbocycles. The van der Waals surface area contributed by atoms with Crippen LogP contribution in [0.2, 0.25) is 5.02 Å². The Morgan fingerprint density at radius 2 is 1.64 bits per heavy atom. The van der Waals surface area contributed by atoms with Gasteiger partial charge in [0.25, 0.3) is 10.0 Å².